The summed E-state index contributed by atoms with van der Waals surface area (Å²) in [6.45, 7) is 0. The van der Waals surface area contributed by atoms with E-state index in [1.165, 1.54) is 0 Å². The van der Waals surface area contributed by atoms with Crippen molar-refractivity contribution < 1.29 is 4.79 Å². The van der Waals surface area contributed by atoms with Crippen LogP contribution in [0.5, 0.6) is 0 Å². The summed E-state index contributed by atoms with van der Waals surface area (Å²) in [5.74, 6) is 0.138. The Morgan fingerprint density at radius 3 is 2.64 bits per heavy atom. The van der Waals surface area contributed by atoms with Crippen LogP contribution in [0.2, 0.25) is 5.02 Å². The fourth-order valence-electron chi connectivity index (χ4n) is 1.11. The Kier molecular flexibility index (Phi) is 5.13. The number of ketones is 1. The molecule has 1 aromatic rings. The number of carbonyl (C=O) groups excluding carboxylic acids is 1. The lowest BCUT2D eigenvalue weighted by molar-refractivity contribution is -0.115. The Bertz CT molecular complexity index is 339. The molecule has 0 spiro atoms. The average molecular weight is 340 g/mol. The second-order valence-corrected chi connectivity index (χ2v) is 4.44. The number of Topliss-reactive ketones (excluding diaryl/α,β-unsaturated/α-hetero) is 1. The molecule has 1 aromatic carbocycles. The van der Waals surface area contributed by atoms with E-state index in [-0.39, 0.29) is 5.78 Å². The van der Waals surface area contributed by atoms with Crippen molar-refractivity contribution in [1.29, 1.82) is 0 Å². The van der Waals surface area contributed by atoms with Crippen molar-refractivity contribution >= 4 is 49.2 Å². The minimum absolute atomic E-state index is 0.138. The van der Waals surface area contributed by atoms with E-state index >= 15 is 0 Å². The van der Waals surface area contributed by atoms with Gasteiger partial charge in [-0.25, -0.2) is 0 Å². The summed E-state index contributed by atoms with van der Waals surface area (Å²) in [7, 11) is 0. The fraction of sp³-hybridized carbons (Fsp3) is 0.300. The van der Waals surface area contributed by atoms with Crippen LogP contribution in [0.4, 0.5) is 0 Å². The number of halogens is 3. The highest BCUT2D eigenvalue weighted by molar-refractivity contribution is 9.09. The molecule has 0 amide bonds. The van der Waals surface area contributed by atoms with E-state index in [0.29, 0.717) is 16.8 Å². The molecule has 0 saturated carbocycles. The summed E-state index contributed by atoms with van der Waals surface area (Å²) in [5.41, 5.74) is 2.03. The Hall–Kier alpha value is 0.140. The molecule has 1 nitrogen and oxygen atoms in total. The molecule has 0 saturated heterocycles. The van der Waals surface area contributed by atoms with Gasteiger partial charge in [-0.3, -0.25) is 4.79 Å². The Labute approximate surface area is 105 Å². The molecule has 14 heavy (non-hydrogen) atoms. The van der Waals surface area contributed by atoms with Crippen molar-refractivity contribution in [2.75, 3.05) is 5.33 Å². The maximum atomic E-state index is 11.2. The van der Waals surface area contributed by atoms with Gasteiger partial charge < -0.3 is 0 Å². The van der Waals surface area contributed by atoms with Gasteiger partial charge in [0.25, 0.3) is 0 Å². The zero-order chi connectivity index (χ0) is 10.6. The van der Waals surface area contributed by atoms with Crippen molar-refractivity contribution in [3.8, 4) is 0 Å². The normalized spacial score (nSPS) is 10.2. The monoisotopic (exact) mass is 338 g/mol. The molecule has 4 heteroatoms. The van der Waals surface area contributed by atoms with Crippen molar-refractivity contribution in [2.45, 2.75) is 11.8 Å². The fourth-order valence-corrected chi connectivity index (χ4v) is 1.84. The molecule has 0 aliphatic heterocycles. The second kappa shape index (κ2) is 5.89. The number of alkyl halides is 2. The lowest BCUT2D eigenvalue weighted by Gasteiger charge is -2.04. The third kappa shape index (κ3) is 3.37. The first-order chi connectivity index (χ1) is 6.67. The zero-order valence-electron chi connectivity index (χ0n) is 7.40. The van der Waals surface area contributed by atoms with Gasteiger partial charge in [-0.1, -0.05) is 55.6 Å². The lowest BCUT2D eigenvalue weighted by Crippen LogP contribution is -2.04. The predicted octanol–water partition coefficient (Wildman–Crippen LogP) is 3.74. The van der Waals surface area contributed by atoms with E-state index < -0.39 is 0 Å². The predicted molar refractivity (Wildman–Crippen MR) is 66.6 cm³/mol. The number of benzene rings is 1. The van der Waals surface area contributed by atoms with Crippen molar-refractivity contribution in [1.82, 2.24) is 0 Å². The van der Waals surface area contributed by atoms with E-state index in [2.05, 4.69) is 31.9 Å². The van der Waals surface area contributed by atoms with E-state index in [1.54, 1.807) is 0 Å². The van der Waals surface area contributed by atoms with Gasteiger partial charge in [0.1, 0.15) is 5.78 Å². The van der Waals surface area contributed by atoms with Gasteiger partial charge in [0.2, 0.25) is 0 Å². The van der Waals surface area contributed by atoms with E-state index in [0.717, 1.165) is 16.5 Å². The van der Waals surface area contributed by atoms with Crippen molar-refractivity contribution in [2.24, 2.45) is 0 Å². The van der Waals surface area contributed by atoms with Gasteiger partial charge in [-0.15, -0.1) is 0 Å². The molecule has 0 atom stereocenters. The van der Waals surface area contributed by atoms with Gasteiger partial charge in [0, 0.05) is 16.8 Å². The van der Waals surface area contributed by atoms with Gasteiger partial charge in [0.05, 0.1) is 5.33 Å². The Balaban J connectivity index is 2.89. The topological polar surface area (TPSA) is 17.1 Å². The van der Waals surface area contributed by atoms with E-state index in [9.17, 15) is 4.79 Å². The summed E-state index contributed by atoms with van der Waals surface area (Å²) >= 11 is 12.5. The third-order valence-corrected chi connectivity index (χ3v) is 3.44. The highest BCUT2D eigenvalue weighted by Gasteiger charge is 2.06. The molecule has 0 aromatic heterocycles. The first-order valence-corrected chi connectivity index (χ1v) is 6.70. The van der Waals surface area contributed by atoms with E-state index in [1.807, 2.05) is 18.2 Å². The highest BCUT2D eigenvalue weighted by Crippen LogP contribution is 2.20. The second-order valence-electron chi connectivity index (χ2n) is 2.91. The van der Waals surface area contributed by atoms with Crippen LogP contribution < -0.4 is 0 Å². The number of rotatable bonds is 4. The quantitative estimate of drug-likeness (QED) is 0.763. The van der Waals surface area contributed by atoms with Gasteiger partial charge in [0.15, 0.2) is 0 Å². The highest BCUT2D eigenvalue weighted by atomic mass is 79.9. The number of carbonyl (C=O) groups is 1. The minimum Gasteiger partial charge on any atom is -0.298 e. The third-order valence-electron chi connectivity index (χ3n) is 1.80. The van der Waals surface area contributed by atoms with Crippen LogP contribution in [-0.2, 0) is 16.5 Å². The number of hydrogen-bond donors (Lipinski definition) is 0. The summed E-state index contributed by atoms with van der Waals surface area (Å²) in [4.78, 5) is 11.2. The molecular weight excluding hydrogens is 331 g/mol. The summed E-state index contributed by atoms with van der Waals surface area (Å²) in [5, 5.41) is 1.81. The molecule has 0 unspecified atom stereocenters. The standard InChI is InChI=1S/C10H9Br2ClO/c11-5-7-1-2-10(13)8(3-7)4-9(14)6-12/h1-3H,4-6H2. The summed E-state index contributed by atoms with van der Waals surface area (Å²) in [6, 6.07) is 5.73. The molecule has 0 radical (unpaired) electrons. The molecular formula is C10H9Br2ClO. The summed E-state index contributed by atoms with van der Waals surface area (Å²) < 4.78 is 0. The Morgan fingerprint density at radius 2 is 2.07 bits per heavy atom. The van der Waals surface area contributed by atoms with Crippen LogP contribution in [0.1, 0.15) is 11.1 Å². The lowest BCUT2D eigenvalue weighted by atomic mass is 10.1. The smallest absolute Gasteiger partial charge is 0.147 e. The molecule has 1 rings (SSSR count). The van der Waals surface area contributed by atoms with Crippen molar-refractivity contribution in [3.63, 3.8) is 0 Å². The first-order valence-electron chi connectivity index (χ1n) is 4.08. The van der Waals surface area contributed by atoms with Crippen LogP contribution in [-0.4, -0.2) is 11.1 Å². The van der Waals surface area contributed by atoms with Gasteiger partial charge in [-0.05, 0) is 17.2 Å². The van der Waals surface area contributed by atoms with Crippen LogP contribution in [0, 0.1) is 0 Å². The maximum Gasteiger partial charge on any atom is 0.147 e. The van der Waals surface area contributed by atoms with Crippen LogP contribution >= 0.6 is 43.5 Å². The zero-order valence-corrected chi connectivity index (χ0v) is 11.3. The molecule has 0 N–H and O–H groups in total. The molecule has 0 heterocycles. The van der Waals surface area contributed by atoms with Gasteiger partial charge >= 0.3 is 0 Å². The molecule has 0 aliphatic carbocycles. The van der Waals surface area contributed by atoms with Crippen LogP contribution in [0.3, 0.4) is 0 Å². The summed E-state index contributed by atoms with van der Waals surface area (Å²) in [6.07, 6.45) is 0.394. The molecule has 0 aliphatic rings. The van der Waals surface area contributed by atoms with Crippen molar-refractivity contribution in [3.05, 3.63) is 34.3 Å². The maximum absolute atomic E-state index is 11.2. The average Bonchev–Trinajstić information content (AvgIpc) is 2.21. The minimum atomic E-state index is 0.138. The van der Waals surface area contributed by atoms with E-state index in [4.69, 9.17) is 11.6 Å². The van der Waals surface area contributed by atoms with Crippen LogP contribution in [0.25, 0.3) is 0 Å². The number of hydrogen-bond acceptors (Lipinski definition) is 1. The first kappa shape index (κ1) is 12.2. The Morgan fingerprint density at radius 1 is 1.36 bits per heavy atom. The van der Waals surface area contributed by atoms with Crippen LogP contribution in [0.15, 0.2) is 18.2 Å². The molecule has 0 fully saturated rings. The van der Waals surface area contributed by atoms with Gasteiger partial charge in [-0.2, -0.15) is 0 Å². The SMILES string of the molecule is O=C(CBr)Cc1cc(CBr)ccc1Cl. The molecule has 76 valence electrons. The molecule has 0 bridgehead atoms. The largest absolute Gasteiger partial charge is 0.298 e.